The van der Waals surface area contributed by atoms with Crippen LogP contribution in [0.4, 0.5) is 0 Å². The van der Waals surface area contributed by atoms with Gasteiger partial charge in [-0.25, -0.2) is 8.42 Å². The van der Waals surface area contributed by atoms with Crippen molar-refractivity contribution in [2.45, 2.75) is 4.90 Å². The number of halogens is 2. The standard InChI is InChI=1S/C21H19Cl2N3O6S/c1-31-13-2-4-15-18(24-28)12-20(32-19(15)10-13)21(27)25-6-8-26(9-7-25)33(29,30)14-3-5-16(22)17(23)11-14/h2-5,10-12,28H,6-9H2,1H3/b24-18-. The first-order valence-electron chi connectivity index (χ1n) is 9.79. The van der Waals surface area contributed by atoms with Crippen LogP contribution < -0.4 is 10.1 Å². The average molecular weight is 512 g/mol. The molecular weight excluding hydrogens is 493 g/mol. The van der Waals surface area contributed by atoms with Gasteiger partial charge < -0.3 is 19.3 Å². The highest BCUT2D eigenvalue weighted by atomic mass is 35.5. The molecule has 3 aromatic rings. The van der Waals surface area contributed by atoms with Crippen LogP contribution >= 0.6 is 23.2 Å². The highest BCUT2D eigenvalue weighted by Crippen LogP contribution is 2.27. The molecule has 0 spiro atoms. The Kier molecular flexibility index (Phi) is 6.53. The van der Waals surface area contributed by atoms with Crippen molar-refractivity contribution in [3.05, 3.63) is 63.6 Å². The normalized spacial score (nSPS) is 15.7. The third kappa shape index (κ3) is 4.51. The lowest BCUT2D eigenvalue weighted by molar-refractivity contribution is 0.0666. The van der Waals surface area contributed by atoms with Crippen LogP contribution in [0.3, 0.4) is 0 Å². The van der Waals surface area contributed by atoms with E-state index in [0.29, 0.717) is 16.7 Å². The molecule has 2 aromatic carbocycles. The van der Waals surface area contributed by atoms with E-state index in [1.54, 1.807) is 18.2 Å². The predicted octanol–water partition coefficient (Wildman–Crippen LogP) is 3.18. The van der Waals surface area contributed by atoms with E-state index in [2.05, 4.69) is 5.16 Å². The fourth-order valence-electron chi connectivity index (χ4n) is 3.54. The fraction of sp³-hybridized carbons (Fsp3) is 0.238. The van der Waals surface area contributed by atoms with Gasteiger partial charge in [-0.1, -0.05) is 28.4 Å². The van der Waals surface area contributed by atoms with Crippen molar-refractivity contribution in [2.75, 3.05) is 33.3 Å². The summed E-state index contributed by atoms with van der Waals surface area (Å²) in [6.07, 6.45) is 0. The number of piperazine rings is 1. The molecule has 1 N–H and O–H groups in total. The average Bonchev–Trinajstić information content (AvgIpc) is 2.84. The summed E-state index contributed by atoms with van der Waals surface area (Å²) in [5.74, 6) is 0.0291. The molecule has 1 aliphatic heterocycles. The molecule has 1 saturated heterocycles. The maximum absolute atomic E-state index is 13.1. The van der Waals surface area contributed by atoms with Crippen LogP contribution in [0.2, 0.25) is 10.0 Å². The molecule has 0 unspecified atom stereocenters. The topological polar surface area (TPSA) is 113 Å². The fourth-order valence-corrected chi connectivity index (χ4v) is 5.35. The quantitative estimate of drug-likeness (QED) is 0.425. The van der Waals surface area contributed by atoms with Crippen molar-refractivity contribution in [3.8, 4) is 5.75 Å². The van der Waals surface area contributed by atoms with Crippen molar-refractivity contribution < 1.29 is 27.6 Å². The van der Waals surface area contributed by atoms with Gasteiger partial charge in [0.1, 0.15) is 16.7 Å². The van der Waals surface area contributed by atoms with Gasteiger partial charge in [0, 0.05) is 43.7 Å². The third-order valence-corrected chi connectivity index (χ3v) is 7.96. The summed E-state index contributed by atoms with van der Waals surface area (Å²) in [5, 5.41) is 13.7. The van der Waals surface area contributed by atoms with Crippen molar-refractivity contribution in [3.63, 3.8) is 0 Å². The molecule has 0 saturated carbocycles. The number of benzene rings is 2. The number of sulfonamides is 1. The van der Waals surface area contributed by atoms with Crippen LogP contribution in [0.15, 0.2) is 56.9 Å². The molecule has 1 amide bonds. The molecule has 9 nitrogen and oxygen atoms in total. The second-order valence-electron chi connectivity index (χ2n) is 7.23. The lowest BCUT2D eigenvalue weighted by Crippen LogP contribution is -2.50. The Balaban J connectivity index is 1.55. The monoisotopic (exact) mass is 511 g/mol. The first kappa shape index (κ1) is 23.4. The lowest BCUT2D eigenvalue weighted by Gasteiger charge is -2.33. The number of hydrogen-bond donors (Lipinski definition) is 1. The molecular formula is C21H19Cl2N3O6S. The number of nitrogens with zero attached hydrogens (tertiary/aromatic N) is 3. The first-order valence-corrected chi connectivity index (χ1v) is 12.0. The summed E-state index contributed by atoms with van der Waals surface area (Å²) in [5.41, 5.74) is 0.314. The minimum absolute atomic E-state index is 0.0318. The molecule has 0 atom stereocenters. The maximum atomic E-state index is 13.1. The zero-order chi connectivity index (χ0) is 23.8. The van der Waals surface area contributed by atoms with Gasteiger partial charge in [-0.15, -0.1) is 0 Å². The Morgan fingerprint density at radius 3 is 2.42 bits per heavy atom. The number of ether oxygens (including phenoxy) is 1. The van der Waals surface area contributed by atoms with Gasteiger partial charge in [0.05, 0.1) is 22.1 Å². The molecule has 1 aromatic heterocycles. The van der Waals surface area contributed by atoms with Gasteiger partial charge in [0.2, 0.25) is 10.0 Å². The second-order valence-corrected chi connectivity index (χ2v) is 9.98. The zero-order valence-electron chi connectivity index (χ0n) is 17.4. The summed E-state index contributed by atoms with van der Waals surface area (Å²) in [6.45, 7) is 0.479. The van der Waals surface area contributed by atoms with Crippen LogP contribution in [-0.4, -0.2) is 62.0 Å². The number of fused-ring (bicyclic) bond motifs is 1. The van der Waals surface area contributed by atoms with E-state index in [0.717, 1.165) is 0 Å². The SMILES string of the molecule is COc1ccc2/c(=N\O)cc(C(=O)N3CCN(S(=O)(=O)c4ccc(Cl)c(Cl)c4)CC3)oc2c1. The summed E-state index contributed by atoms with van der Waals surface area (Å²) in [6, 6.07) is 10.4. The van der Waals surface area contributed by atoms with Gasteiger partial charge in [0.25, 0.3) is 5.91 Å². The Bertz CT molecular complexity index is 1400. The van der Waals surface area contributed by atoms with Crippen molar-refractivity contribution in [1.29, 1.82) is 0 Å². The number of hydrogen-bond acceptors (Lipinski definition) is 7. The van der Waals surface area contributed by atoms with E-state index in [9.17, 15) is 18.4 Å². The van der Waals surface area contributed by atoms with Crippen molar-refractivity contribution in [2.24, 2.45) is 5.16 Å². The maximum Gasteiger partial charge on any atom is 0.289 e. The molecule has 2 heterocycles. The Morgan fingerprint density at radius 2 is 1.79 bits per heavy atom. The summed E-state index contributed by atoms with van der Waals surface area (Å²) in [7, 11) is -2.30. The molecule has 1 aliphatic rings. The van der Waals surface area contributed by atoms with Gasteiger partial charge in [0.15, 0.2) is 5.76 Å². The number of rotatable bonds is 4. The minimum Gasteiger partial charge on any atom is -0.497 e. The molecule has 1 fully saturated rings. The molecule has 174 valence electrons. The zero-order valence-corrected chi connectivity index (χ0v) is 19.7. The van der Waals surface area contributed by atoms with Crippen LogP contribution in [0.5, 0.6) is 5.75 Å². The summed E-state index contributed by atoms with van der Waals surface area (Å²) < 4.78 is 38.1. The van der Waals surface area contributed by atoms with E-state index in [-0.39, 0.29) is 52.2 Å². The Hall–Kier alpha value is -2.79. The molecule has 4 rings (SSSR count). The van der Waals surface area contributed by atoms with E-state index in [1.807, 2.05) is 0 Å². The van der Waals surface area contributed by atoms with Gasteiger partial charge >= 0.3 is 0 Å². The van der Waals surface area contributed by atoms with E-state index in [1.165, 1.54) is 40.6 Å². The summed E-state index contributed by atoms with van der Waals surface area (Å²) >= 11 is 11.8. The number of methoxy groups -OCH3 is 1. The van der Waals surface area contributed by atoms with Crippen LogP contribution in [0.1, 0.15) is 10.6 Å². The third-order valence-electron chi connectivity index (χ3n) is 5.33. The minimum atomic E-state index is -3.80. The molecule has 0 radical (unpaired) electrons. The Morgan fingerprint density at radius 1 is 1.06 bits per heavy atom. The first-order chi connectivity index (χ1) is 15.7. The molecule has 0 bridgehead atoms. The van der Waals surface area contributed by atoms with Crippen molar-refractivity contribution in [1.82, 2.24) is 9.21 Å². The van der Waals surface area contributed by atoms with Gasteiger partial charge in [-0.2, -0.15) is 4.31 Å². The number of carbonyl (C=O) groups excluding carboxylic acids is 1. The second kappa shape index (κ2) is 9.22. The Labute approximate surface area is 199 Å². The van der Waals surface area contributed by atoms with E-state index < -0.39 is 15.9 Å². The molecule has 0 aliphatic carbocycles. The summed E-state index contributed by atoms with van der Waals surface area (Å²) in [4.78, 5) is 14.6. The molecule has 33 heavy (non-hydrogen) atoms. The van der Waals surface area contributed by atoms with Crippen molar-refractivity contribution >= 4 is 50.1 Å². The van der Waals surface area contributed by atoms with E-state index >= 15 is 0 Å². The number of carbonyl (C=O) groups is 1. The van der Waals surface area contributed by atoms with Gasteiger partial charge in [-0.05, 0) is 30.3 Å². The highest BCUT2D eigenvalue weighted by molar-refractivity contribution is 7.89. The lowest BCUT2D eigenvalue weighted by atomic mass is 10.2. The largest absolute Gasteiger partial charge is 0.497 e. The smallest absolute Gasteiger partial charge is 0.289 e. The number of amides is 1. The van der Waals surface area contributed by atoms with Gasteiger partial charge in [-0.3, -0.25) is 4.79 Å². The predicted molar refractivity (Wildman–Crippen MR) is 121 cm³/mol. The molecule has 12 heteroatoms. The van der Waals surface area contributed by atoms with Crippen LogP contribution in [0.25, 0.3) is 11.0 Å². The van der Waals surface area contributed by atoms with Crippen LogP contribution in [0, 0.1) is 0 Å². The van der Waals surface area contributed by atoms with Crippen LogP contribution in [-0.2, 0) is 10.0 Å². The highest BCUT2D eigenvalue weighted by Gasteiger charge is 2.31. The van der Waals surface area contributed by atoms with E-state index in [4.69, 9.17) is 32.4 Å².